The molecule has 1 aliphatic rings. The third kappa shape index (κ3) is 6.17. The lowest BCUT2D eigenvalue weighted by Gasteiger charge is -2.20. The van der Waals surface area contributed by atoms with E-state index in [1.807, 2.05) is 55.5 Å². The standard InChI is InChI=1S/C24H29N3O3/c1-17(26-27-23(28)15-18-11-13-22(30-2)14-12-18)20-9-6-10-21(16-20)25-24(29)19-7-4-3-5-8-19/h6,9-14,16,19H,3-5,7-8,15H2,1-2H3,(H,25,29)(H,27,28). The molecule has 0 aliphatic heterocycles. The van der Waals surface area contributed by atoms with Crippen molar-refractivity contribution in [2.45, 2.75) is 45.4 Å². The number of hydrogen-bond acceptors (Lipinski definition) is 4. The number of amides is 2. The van der Waals surface area contributed by atoms with Gasteiger partial charge in [-0.05, 0) is 55.2 Å². The van der Waals surface area contributed by atoms with Crippen LogP contribution < -0.4 is 15.5 Å². The maximum Gasteiger partial charge on any atom is 0.244 e. The van der Waals surface area contributed by atoms with Gasteiger partial charge in [0.15, 0.2) is 0 Å². The van der Waals surface area contributed by atoms with Gasteiger partial charge in [-0.2, -0.15) is 5.10 Å². The zero-order chi connectivity index (χ0) is 21.3. The molecule has 6 heteroatoms. The van der Waals surface area contributed by atoms with E-state index in [9.17, 15) is 9.59 Å². The summed E-state index contributed by atoms with van der Waals surface area (Å²) in [6.45, 7) is 1.83. The van der Waals surface area contributed by atoms with Crippen LogP contribution in [0.5, 0.6) is 5.75 Å². The largest absolute Gasteiger partial charge is 0.497 e. The van der Waals surface area contributed by atoms with E-state index >= 15 is 0 Å². The number of carbonyl (C=O) groups is 2. The molecule has 1 aliphatic carbocycles. The van der Waals surface area contributed by atoms with Gasteiger partial charge in [-0.1, -0.05) is 43.5 Å². The second-order valence-electron chi connectivity index (χ2n) is 7.66. The van der Waals surface area contributed by atoms with Crippen molar-refractivity contribution in [1.29, 1.82) is 0 Å². The smallest absolute Gasteiger partial charge is 0.244 e. The Hall–Kier alpha value is -3.15. The number of nitrogens with zero attached hydrogens (tertiary/aromatic N) is 1. The van der Waals surface area contributed by atoms with Gasteiger partial charge in [0.1, 0.15) is 5.75 Å². The Kier molecular flexibility index (Phi) is 7.60. The first-order chi connectivity index (χ1) is 14.5. The number of hydrazone groups is 1. The van der Waals surface area contributed by atoms with Crippen LogP contribution >= 0.6 is 0 Å². The lowest BCUT2D eigenvalue weighted by molar-refractivity contribution is -0.121. The third-order valence-electron chi connectivity index (χ3n) is 5.40. The number of rotatable bonds is 7. The number of ether oxygens (including phenoxy) is 1. The highest BCUT2D eigenvalue weighted by Gasteiger charge is 2.21. The average Bonchev–Trinajstić information content (AvgIpc) is 2.78. The number of benzene rings is 2. The third-order valence-corrected chi connectivity index (χ3v) is 5.40. The van der Waals surface area contributed by atoms with Gasteiger partial charge in [0.25, 0.3) is 0 Å². The molecule has 2 N–H and O–H groups in total. The molecule has 3 rings (SSSR count). The maximum atomic E-state index is 12.5. The first kappa shape index (κ1) is 21.6. The van der Waals surface area contributed by atoms with E-state index in [1.165, 1.54) is 6.42 Å². The van der Waals surface area contributed by atoms with E-state index in [1.54, 1.807) is 7.11 Å². The van der Waals surface area contributed by atoms with E-state index in [0.717, 1.165) is 48.2 Å². The molecular formula is C24H29N3O3. The van der Waals surface area contributed by atoms with E-state index in [4.69, 9.17) is 4.74 Å². The Morgan fingerprint density at radius 3 is 2.50 bits per heavy atom. The molecule has 30 heavy (non-hydrogen) atoms. The predicted octanol–water partition coefficient (Wildman–Crippen LogP) is 4.30. The van der Waals surface area contributed by atoms with Crippen LogP contribution in [0.1, 0.15) is 50.2 Å². The zero-order valence-electron chi connectivity index (χ0n) is 17.6. The minimum Gasteiger partial charge on any atom is -0.497 e. The number of hydrogen-bond donors (Lipinski definition) is 2. The van der Waals surface area contributed by atoms with Gasteiger partial charge >= 0.3 is 0 Å². The molecule has 1 fully saturated rings. The second kappa shape index (κ2) is 10.6. The summed E-state index contributed by atoms with van der Waals surface area (Å²) >= 11 is 0. The number of anilines is 1. The van der Waals surface area contributed by atoms with Crippen molar-refractivity contribution in [3.05, 3.63) is 59.7 Å². The molecule has 2 aromatic carbocycles. The molecule has 158 valence electrons. The van der Waals surface area contributed by atoms with Crippen LogP contribution in [0.4, 0.5) is 5.69 Å². The summed E-state index contributed by atoms with van der Waals surface area (Å²) in [5, 5.41) is 7.24. The summed E-state index contributed by atoms with van der Waals surface area (Å²) in [4.78, 5) is 24.7. The summed E-state index contributed by atoms with van der Waals surface area (Å²) in [7, 11) is 1.61. The lowest BCUT2D eigenvalue weighted by atomic mass is 9.88. The molecule has 0 aromatic heterocycles. The second-order valence-corrected chi connectivity index (χ2v) is 7.66. The summed E-state index contributed by atoms with van der Waals surface area (Å²) < 4.78 is 5.12. The highest BCUT2D eigenvalue weighted by Crippen LogP contribution is 2.25. The van der Waals surface area contributed by atoms with Crippen LogP contribution in [-0.4, -0.2) is 24.6 Å². The van der Waals surface area contributed by atoms with Gasteiger partial charge in [0.05, 0.1) is 19.2 Å². The molecule has 6 nitrogen and oxygen atoms in total. The molecule has 0 bridgehead atoms. The maximum absolute atomic E-state index is 12.5. The molecule has 0 saturated heterocycles. The molecule has 0 unspecified atom stereocenters. The highest BCUT2D eigenvalue weighted by atomic mass is 16.5. The quantitative estimate of drug-likeness (QED) is 0.531. The van der Waals surface area contributed by atoms with Crippen LogP contribution in [0.25, 0.3) is 0 Å². The van der Waals surface area contributed by atoms with Crippen LogP contribution in [0.15, 0.2) is 53.6 Å². The van der Waals surface area contributed by atoms with Crippen molar-refractivity contribution < 1.29 is 14.3 Å². The average molecular weight is 408 g/mol. The Labute approximate surface area is 177 Å². The van der Waals surface area contributed by atoms with Gasteiger partial charge in [0, 0.05) is 11.6 Å². The Bertz CT molecular complexity index is 900. The van der Waals surface area contributed by atoms with Gasteiger partial charge in [-0.3, -0.25) is 9.59 Å². The van der Waals surface area contributed by atoms with Gasteiger partial charge in [0.2, 0.25) is 11.8 Å². The molecule has 2 aromatic rings. The molecule has 0 heterocycles. The number of carbonyl (C=O) groups excluding carboxylic acids is 2. The van der Waals surface area contributed by atoms with Crippen LogP contribution in [0.2, 0.25) is 0 Å². The minimum atomic E-state index is -0.193. The van der Waals surface area contributed by atoms with E-state index in [-0.39, 0.29) is 24.2 Å². The molecular weight excluding hydrogens is 378 g/mol. The SMILES string of the molecule is COc1ccc(CC(=O)NN=C(C)c2cccc(NC(=O)C3CCCCC3)c2)cc1. The highest BCUT2D eigenvalue weighted by molar-refractivity contribution is 6.01. The predicted molar refractivity (Wildman–Crippen MR) is 119 cm³/mol. The summed E-state index contributed by atoms with van der Waals surface area (Å²) in [5.74, 6) is 0.758. The normalized spacial score (nSPS) is 14.8. The van der Waals surface area contributed by atoms with Crippen molar-refractivity contribution in [2.24, 2.45) is 11.0 Å². The van der Waals surface area contributed by atoms with Crippen molar-refractivity contribution >= 4 is 23.2 Å². The molecule has 2 amide bonds. The van der Waals surface area contributed by atoms with E-state index < -0.39 is 0 Å². The van der Waals surface area contributed by atoms with Gasteiger partial charge in [-0.25, -0.2) is 5.43 Å². The summed E-state index contributed by atoms with van der Waals surface area (Å²) in [5.41, 5.74) is 5.76. The van der Waals surface area contributed by atoms with Crippen molar-refractivity contribution in [3.63, 3.8) is 0 Å². The van der Waals surface area contributed by atoms with Gasteiger partial charge < -0.3 is 10.1 Å². The van der Waals surface area contributed by atoms with Crippen molar-refractivity contribution in [1.82, 2.24) is 5.43 Å². The number of methoxy groups -OCH3 is 1. The lowest BCUT2D eigenvalue weighted by Crippen LogP contribution is -2.24. The Balaban J connectivity index is 1.56. The topological polar surface area (TPSA) is 79.8 Å². The summed E-state index contributed by atoms with van der Waals surface area (Å²) in [6, 6.07) is 14.9. The fourth-order valence-corrected chi connectivity index (χ4v) is 3.61. The first-order valence-corrected chi connectivity index (χ1v) is 10.4. The minimum absolute atomic E-state index is 0.0919. The van der Waals surface area contributed by atoms with E-state index in [2.05, 4.69) is 15.8 Å². The molecule has 0 spiro atoms. The first-order valence-electron chi connectivity index (χ1n) is 10.4. The van der Waals surface area contributed by atoms with Crippen molar-refractivity contribution in [3.8, 4) is 5.75 Å². The fraction of sp³-hybridized carbons (Fsp3) is 0.375. The van der Waals surface area contributed by atoms with Crippen molar-refractivity contribution in [2.75, 3.05) is 12.4 Å². The van der Waals surface area contributed by atoms with Crippen LogP contribution in [-0.2, 0) is 16.0 Å². The van der Waals surface area contributed by atoms with Gasteiger partial charge in [-0.15, -0.1) is 0 Å². The fourth-order valence-electron chi connectivity index (χ4n) is 3.61. The zero-order valence-corrected chi connectivity index (χ0v) is 17.6. The molecule has 1 saturated carbocycles. The summed E-state index contributed by atoms with van der Waals surface area (Å²) in [6.07, 6.45) is 5.63. The van der Waals surface area contributed by atoms with Crippen LogP contribution in [0.3, 0.4) is 0 Å². The van der Waals surface area contributed by atoms with E-state index in [0.29, 0.717) is 5.71 Å². The monoisotopic (exact) mass is 407 g/mol. The Morgan fingerprint density at radius 1 is 1.07 bits per heavy atom. The molecule has 0 radical (unpaired) electrons. The Morgan fingerprint density at radius 2 is 1.80 bits per heavy atom. The number of nitrogens with one attached hydrogen (secondary N) is 2. The van der Waals surface area contributed by atoms with Crippen LogP contribution in [0, 0.1) is 5.92 Å². The molecule has 0 atom stereocenters.